The van der Waals surface area contributed by atoms with Crippen LogP contribution in [0, 0.1) is 5.41 Å². The van der Waals surface area contributed by atoms with Crippen LogP contribution in [0.3, 0.4) is 0 Å². The number of rotatable bonds is 7. The first kappa shape index (κ1) is 15.8. The SMILES string of the molecule is CCC(CC)(CO)CNc1cnc2c(cnn2C(C)C)c1. The molecule has 0 amide bonds. The van der Waals surface area contributed by atoms with Crippen LogP contribution in [-0.2, 0) is 0 Å². The molecule has 2 N–H and O–H groups in total. The van der Waals surface area contributed by atoms with E-state index in [1.165, 1.54) is 0 Å². The summed E-state index contributed by atoms with van der Waals surface area (Å²) in [5.74, 6) is 0. The van der Waals surface area contributed by atoms with E-state index >= 15 is 0 Å². The average Bonchev–Trinajstić information content (AvgIpc) is 2.92. The fraction of sp³-hybridized carbons (Fsp3) is 0.625. The molecule has 2 aromatic rings. The van der Waals surface area contributed by atoms with Gasteiger partial charge < -0.3 is 10.4 Å². The van der Waals surface area contributed by atoms with Crippen molar-refractivity contribution in [3.63, 3.8) is 0 Å². The van der Waals surface area contributed by atoms with E-state index in [4.69, 9.17) is 0 Å². The van der Waals surface area contributed by atoms with Crippen LogP contribution >= 0.6 is 0 Å². The minimum absolute atomic E-state index is 0.0585. The summed E-state index contributed by atoms with van der Waals surface area (Å²) in [6.45, 7) is 9.39. The fourth-order valence-corrected chi connectivity index (χ4v) is 2.48. The minimum Gasteiger partial charge on any atom is -0.396 e. The predicted octanol–water partition coefficient (Wildman–Crippen LogP) is 3.22. The van der Waals surface area contributed by atoms with Gasteiger partial charge in [0.15, 0.2) is 5.65 Å². The Morgan fingerprint density at radius 3 is 2.57 bits per heavy atom. The summed E-state index contributed by atoms with van der Waals surface area (Å²) >= 11 is 0. The predicted molar refractivity (Wildman–Crippen MR) is 86.5 cm³/mol. The van der Waals surface area contributed by atoms with Gasteiger partial charge in [-0.1, -0.05) is 13.8 Å². The molecule has 2 rings (SSSR count). The fourth-order valence-electron chi connectivity index (χ4n) is 2.48. The van der Waals surface area contributed by atoms with Gasteiger partial charge in [0, 0.05) is 23.4 Å². The van der Waals surface area contributed by atoms with E-state index in [-0.39, 0.29) is 12.0 Å². The Kier molecular flexibility index (Phi) is 4.83. The van der Waals surface area contributed by atoms with Gasteiger partial charge in [-0.05, 0) is 32.8 Å². The summed E-state index contributed by atoms with van der Waals surface area (Å²) in [4.78, 5) is 4.52. The number of anilines is 1. The standard InChI is InChI=1S/C16H26N4O/c1-5-16(6-2,11-21)10-18-14-7-13-8-19-20(12(3)4)15(13)17-9-14/h7-9,12,18,21H,5-6,10-11H2,1-4H3. The summed E-state index contributed by atoms with van der Waals surface area (Å²) in [6.07, 6.45) is 5.60. The molecule has 0 aliphatic rings. The van der Waals surface area contributed by atoms with Crippen LogP contribution in [0.1, 0.15) is 46.6 Å². The van der Waals surface area contributed by atoms with Gasteiger partial charge in [-0.2, -0.15) is 5.10 Å². The molecule has 0 saturated heterocycles. The molecule has 2 heterocycles. The van der Waals surface area contributed by atoms with Crippen LogP contribution in [0.4, 0.5) is 5.69 Å². The molecule has 2 aromatic heterocycles. The number of fused-ring (bicyclic) bond motifs is 1. The van der Waals surface area contributed by atoms with Gasteiger partial charge in [0.1, 0.15) is 0 Å². The molecular weight excluding hydrogens is 264 g/mol. The summed E-state index contributed by atoms with van der Waals surface area (Å²) in [7, 11) is 0. The van der Waals surface area contributed by atoms with Crippen LogP contribution in [-0.4, -0.2) is 33.0 Å². The third-order valence-electron chi connectivity index (χ3n) is 4.43. The second-order valence-corrected chi connectivity index (χ2v) is 6.04. The second-order valence-electron chi connectivity index (χ2n) is 6.04. The lowest BCUT2D eigenvalue weighted by Crippen LogP contribution is -2.32. The van der Waals surface area contributed by atoms with E-state index in [1.807, 2.05) is 17.1 Å². The molecule has 0 aromatic carbocycles. The third-order valence-corrected chi connectivity index (χ3v) is 4.43. The number of nitrogens with zero attached hydrogens (tertiary/aromatic N) is 3. The van der Waals surface area contributed by atoms with Crippen LogP contribution < -0.4 is 5.32 Å². The van der Waals surface area contributed by atoms with E-state index in [9.17, 15) is 5.11 Å². The van der Waals surface area contributed by atoms with E-state index in [2.05, 4.69) is 49.2 Å². The van der Waals surface area contributed by atoms with Crippen LogP contribution in [0.15, 0.2) is 18.5 Å². The second kappa shape index (κ2) is 6.43. The summed E-state index contributed by atoms with van der Waals surface area (Å²) in [5, 5.41) is 18.4. The van der Waals surface area contributed by atoms with Gasteiger partial charge in [-0.15, -0.1) is 0 Å². The van der Waals surface area contributed by atoms with Gasteiger partial charge in [0.05, 0.1) is 24.7 Å². The lowest BCUT2D eigenvalue weighted by molar-refractivity contribution is 0.127. The van der Waals surface area contributed by atoms with Crippen molar-refractivity contribution in [2.24, 2.45) is 5.41 Å². The van der Waals surface area contributed by atoms with Crippen molar-refractivity contribution in [1.82, 2.24) is 14.8 Å². The van der Waals surface area contributed by atoms with Gasteiger partial charge in [0.25, 0.3) is 0 Å². The maximum Gasteiger partial charge on any atom is 0.158 e. The molecule has 0 spiro atoms. The molecule has 0 aliphatic heterocycles. The molecule has 5 heteroatoms. The Morgan fingerprint density at radius 2 is 2.00 bits per heavy atom. The Hall–Kier alpha value is -1.62. The zero-order valence-electron chi connectivity index (χ0n) is 13.4. The van der Waals surface area contributed by atoms with Gasteiger partial charge in [-0.25, -0.2) is 9.67 Å². The van der Waals surface area contributed by atoms with Gasteiger partial charge >= 0.3 is 0 Å². The number of aliphatic hydroxyl groups is 1. The molecule has 0 fully saturated rings. The normalized spacial score (nSPS) is 12.3. The first-order valence-corrected chi connectivity index (χ1v) is 7.73. The monoisotopic (exact) mass is 290 g/mol. The molecule has 0 radical (unpaired) electrons. The number of hydrogen-bond acceptors (Lipinski definition) is 4. The zero-order chi connectivity index (χ0) is 15.5. The highest BCUT2D eigenvalue weighted by Gasteiger charge is 2.24. The molecule has 0 bridgehead atoms. The summed E-state index contributed by atoms with van der Waals surface area (Å²) in [5.41, 5.74) is 1.83. The van der Waals surface area contributed by atoms with E-state index in [0.29, 0.717) is 6.04 Å². The molecule has 0 atom stereocenters. The highest BCUT2D eigenvalue weighted by molar-refractivity contribution is 5.78. The zero-order valence-corrected chi connectivity index (χ0v) is 13.4. The highest BCUT2D eigenvalue weighted by Crippen LogP contribution is 2.27. The smallest absolute Gasteiger partial charge is 0.158 e. The van der Waals surface area contributed by atoms with Crippen molar-refractivity contribution in [1.29, 1.82) is 0 Å². The van der Waals surface area contributed by atoms with E-state index in [1.54, 1.807) is 0 Å². The Balaban J connectivity index is 2.17. The van der Waals surface area contributed by atoms with Crippen molar-refractivity contribution in [3.05, 3.63) is 18.5 Å². The quantitative estimate of drug-likeness (QED) is 0.822. The van der Waals surface area contributed by atoms with E-state index in [0.717, 1.165) is 36.1 Å². The first-order valence-electron chi connectivity index (χ1n) is 7.73. The highest BCUT2D eigenvalue weighted by atomic mass is 16.3. The maximum atomic E-state index is 9.62. The lowest BCUT2D eigenvalue weighted by Gasteiger charge is -2.29. The molecule has 21 heavy (non-hydrogen) atoms. The summed E-state index contributed by atoms with van der Waals surface area (Å²) in [6, 6.07) is 2.37. The minimum atomic E-state index is -0.0585. The number of hydrogen-bond donors (Lipinski definition) is 2. The number of aromatic nitrogens is 3. The van der Waals surface area contributed by atoms with Gasteiger partial charge in [-0.3, -0.25) is 0 Å². The molecule has 0 saturated carbocycles. The Morgan fingerprint density at radius 1 is 1.29 bits per heavy atom. The van der Waals surface area contributed by atoms with Crippen LogP contribution in [0.2, 0.25) is 0 Å². The van der Waals surface area contributed by atoms with Crippen LogP contribution in [0.5, 0.6) is 0 Å². The van der Waals surface area contributed by atoms with Gasteiger partial charge in [0.2, 0.25) is 0 Å². The maximum absolute atomic E-state index is 9.62. The molecule has 0 aliphatic carbocycles. The van der Waals surface area contributed by atoms with Crippen LogP contribution in [0.25, 0.3) is 11.0 Å². The third kappa shape index (κ3) is 3.18. The van der Waals surface area contributed by atoms with E-state index < -0.39 is 0 Å². The largest absolute Gasteiger partial charge is 0.396 e. The molecular formula is C16H26N4O. The lowest BCUT2D eigenvalue weighted by atomic mass is 9.83. The van der Waals surface area contributed by atoms with Crippen molar-refractivity contribution < 1.29 is 5.11 Å². The van der Waals surface area contributed by atoms with Crippen molar-refractivity contribution in [2.75, 3.05) is 18.5 Å². The Labute approximate surface area is 126 Å². The average molecular weight is 290 g/mol. The number of pyridine rings is 1. The molecule has 116 valence electrons. The first-order chi connectivity index (χ1) is 10.0. The summed E-state index contributed by atoms with van der Waals surface area (Å²) < 4.78 is 1.93. The van der Waals surface area contributed by atoms with Crippen molar-refractivity contribution >= 4 is 16.7 Å². The topological polar surface area (TPSA) is 63.0 Å². The molecule has 0 unspecified atom stereocenters. The molecule has 5 nitrogen and oxygen atoms in total. The van der Waals surface area contributed by atoms with Crippen molar-refractivity contribution in [2.45, 2.75) is 46.6 Å². The number of nitrogens with one attached hydrogen (secondary N) is 1. The van der Waals surface area contributed by atoms with Crippen molar-refractivity contribution in [3.8, 4) is 0 Å². The Bertz CT molecular complexity index is 579. The number of aliphatic hydroxyl groups excluding tert-OH is 1.